The zero-order valence-corrected chi connectivity index (χ0v) is 14.1. The summed E-state index contributed by atoms with van der Waals surface area (Å²) in [6.45, 7) is 2.01. The Morgan fingerprint density at radius 3 is 2.46 bits per heavy atom. The van der Waals surface area contributed by atoms with Gasteiger partial charge in [-0.15, -0.1) is 0 Å². The van der Waals surface area contributed by atoms with Crippen molar-refractivity contribution in [3.05, 3.63) is 47.0 Å². The average molecular weight is 350 g/mol. The normalized spacial score (nSPS) is 29.5. The summed E-state index contributed by atoms with van der Waals surface area (Å²) in [4.78, 5) is 0. The van der Waals surface area contributed by atoms with Crippen LogP contribution in [0.1, 0.15) is 31.2 Å². The molecule has 130 valence electrons. The molecular weight excluding hydrogens is 334 g/mol. The lowest BCUT2D eigenvalue weighted by atomic mass is 9.52. The Kier molecular flexibility index (Phi) is 4.34. The smallest absolute Gasteiger partial charge is 0.189 e. The number of benzene rings is 1. The van der Waals surface area contributed by atoms with Crippen LogP contribution in [0, 0.1) is 74.2 Å². The highest BCUT2D eigenvalue weighted by Crippen LogP contribution is 2.56. The van der Waals surface area contributed by atoms with E-state index in [9.17, 15) is 24.6 Å². The van der Waals surface area contributed by atoms with Gasteiger partial charge in [-0.3, -0.25) is 0 Å². The van der Waals surface area contributed by atoms with Crippen LogP contribution in [0.5, 0.6) is 0 Å². The Hall–Kier alpha value is -3.04. The van der Waals surface area contributed by atoms with Crippen LogP contribution >= 0.6 is 0 Å². The number of rotatable bonds is 1. The fourth-order valence-electron chi connectivity index (χ4n) is 4.31. The van der Waals surface area contributed by atoms with Gasteiger partial charge in [-0.1, -0.05) is 19.1 Å². The highest BCUT2D eigenvalue weighted by Gasteiger charge is 2.58. The minimum Gasteiger partial charge on any atom is -0.305 e. The van der Waals surface area contributed by atoms with Gasteiger partial charge in [-0.2, -0.15) is 15.8 Å². The first kappa shape index (κ1) is 17.8. The van der Waals surface area contributed by atoms with Crippen LogP contribution in [0.3, 0.4) is 0 Å². The Balaban J connectivity index is 2.30. The Bertz CT molecular complexity index is 915. The molecule has 26 heavy (non-hydrogen) atoms. The van der Waals surface area contributed by atoms with E-state index < -0.39 is 34.8 Å². The summed E-state index contributed by atoms with van der Waals surface area (Å²) in [6, 6.07) is 8.89. The molecule has 0 spiro atoms. The number of allylic oxidation sites excluding steroid dienone is 2. The van der Waals surface area contributed by atoms with E-state index in [2.05, 4.69) is 0 Å². The van der Waals surface area contributed by atoms with Crippen LogP contribution in [-0.2, 0) is 0 Å². The molecule has 1 aromatic rings. The average Bonchev–Trinajstić information content (AvgIpc) is 2.62. The number of nitriles is 3. The highest BCUT2D eigenvalue weighted by molar-refractivity contribution is 6.00. The maximum absolute atomic E-state index is 14.6. The first-order chi connectivity index (χ1) is 12.4. The summed E-state index contributed by atoms with van der Waals surface area (Å²) >= 11 is 0. The molecule has 0 aliphatic heterocycles. The Labute approximate surface area is 150 Å². The third-order valence-corrected chi connectivity index (χ3v) is 5.54. The number of nitrogens with zero attached hydrogens (tertiary/aromatic N) is 3. The maximum atomic E-state index is 14.6. The molecule has 4 nitrogen and oxygen atoms in total. The molecule has 0 saturated heterocycles. The van der Waals surface area contributed by atoms with E-state index in [0.29, 0.717) is 12.0 Å². The van der Waals surface area contributed by atoms with Crippen LogP contribution in [0.15, 0.2) is 29.8 Å². The van der Waals surface area contributed by atoms with E-state index in [1.165, 1.54) is 6.07 Å². The van der Waals surface area contributed by atoms with Crippen LogP contribution in [-0.4, -0.2) is 5.71 Å². The van der Waals surface area contributed by atoms with E-state index in [-0.39, 0.29) is 17.2 Å². The molecule has 0 aromatic heterocycles. The van der Waals surface area contributed by atoms with Gasteiger partial charge in [0.2, 0.25) is 0 Å². The molecule has 1 fully saturated rings. The minimum atomic E-state index is -1.96. The molecule has 2 aliphatic carbocycles. The molecule has 1 N–H and O–H groups in total. The largest absolute Gasteiger partial charge is 0.305 e. The predicted octanol–water partition coefficient (Wildman–Crippen LogP) is 4.23. The number of hydrogen-bond donors (Lipinski definition) is 1. The van der Waals surface area contributed by atoms with Crippen molar-refractivity contribution < 1.29 is 8.78 Å². The Morgan fingerprint density at radius 1 is 1.19 bits per heavy atom. The molecular formula is C20H16F2N4. The van der Waals surface area contributed by atoms with Gasteiger partial charge < -0.3 is 5.41 Å². The minimum absolute atomic E-state index is 0.0423. The Morgan fingerprint density at radius 2 is 1.88 bits per heavy atom. The molecule has 1 aromatic carbocycles. The molecule has 3 rings (SSSR count). The molecule has 4 atom stereocenters. The van der Waals surface area contributed by atoms with Crippen molar-refractivity contribution in [1.82, 2.24) is 0 Å². The zero-order chi connectivity index (χ0) is 19.1. The van der Waals surface area contributed by atoms with Crippen LogP contribution in [0.4, 0.5) is 8.78 Å². The van der Waals surface area contributed by atoms with Crippen LogP contribution < -0.4 is 0 Å². The number of fused-ring (bicyclic) bond motifs is 1. The zero-order valence-electron chi connectivity index (χ0n) is 14.1. The second-order valence-electron chi connectivity index (χ2n) is 7.04. The number of nitrogens with one attached hydrogen (secondary N) is 1. The van der Waals surface area contributed by atoms with E-state index >= 15 is 0 Å². The van der Waals surface area contributed by atoms with Crippen molar-refractivity contribution in [3.63, 3.8) is 0 Å². The third kappa shape index (κ3) is 2.40. The molecule has 1 unspecified atom stereocenters. The standard InChI is InChI=1S/C20H16F2N4/c1-11-2-4-13-15(6-11)18(14-5-3-12(21)7-17(14)22)20(9-24,10-25)19(26)16(13)8-23/h3-5,7,11,15-16,18,26H,2,6H2,1H3/t11-,15-,16?,18-/m0/s1. The molecule has 0 bridgehead atoms. The summed E-state index contributed by atoms with van der Waals surface area (Å²) in [7, 11) is 0. The lowest BCUT2D eigenvalue weighted by Crippen LogP contribution is -2.49. The topological polar surface area (TPSA) is 95.2 Å². The molecule has 6 heteroatoms. The number of hydrogen-bond acceptors (Lipinski definition) is 4. The van der Waals surface area contributed by atoms with Crippen molar-refractivity contribution in [2.45, 2.75) is 25.7 Å². The number of halogens is 2. The van der Waals surface area contributed by atoms with Crippen molar-refractivity contribution in [2.75, 3.05) is 0 Å². The quantitative estimate of drug-likeness (QED) is 0.768. The van der Waals surface area contributed by atoms with Gasteiger partial charge in [0.15, 0.2) is 5.41 Å². The monoisotopic (exact) mass is 350 g/mol. The first-order valence-corrected chi connectivity index (χ1v) is 8.35. The predicted molar refractivity (Wildman–Crippen MR) is 89.6 cm³/mol. The highest BCUT2D eigenvalue weighted by atomic mass is 19.1. The molecule has 0 radical (unpaired) electrons. The third-order valence-electron chi connectivity index (χ3n) is 5.54. The van der Waals surface area contributed by atoms with Gasteiger partial charge in [-0.05, 0) is 41.9 Å². The lowest BCUT2D eigenvalue weighted by molar-refractivity contribution is 0.278. The summed E-state index contributed by atoms with van der Waals surface area (Å²) in [5.41, 5.74) is -1.57. The summed E-state index contributed by atoms with van der Waals surface area (Å²) in [5.74, 6) is -3.70. The second kappa shape index (κ2) is 6.36. The van der Waals surface area contributed by atoms with Crippen LogP contribution in [0.2, 0.25) is 0 Å². The van der Waals surface area contributed by atoms with Gasteiger partial charge in [-0.25, -0.2) is 8.78 Å². The van der Waals surface area contributed by atoms with Gasteiger partial charge in [0.1, 0.15) is 17.6 Å². The van der Waals surface area contributed by atoms with Gasteiger partial charge in [0, 0.05) is 12.0 Å². The van der Waals surface area contributed by atoms with Crippen LogP contribution in [0.25, 0.3) is 0 Å². The summed E-state index contributed by atoms with van der Waals surface area (Å²) < 4.78 is 28.0. The van der Waals surface area contributed by atoms with Crippen molar-refractivity contribution in [1.29, 1.82) is 21.2 Å². The fraction of sp³-hybridized carbons (Fsp3) is 0.400. The first-order valence-electron chi connectivity index (χ1n) is 8.35. The van der Waals surface area contributed by atoms with E-state index in [1.54, 1.807) is 0 Å². The summed E-state index contributed by atoms with van der Waals surface area (Å²) in [6.07, 6.45) is 3.18. The van der Waals surface area contributed by atoms with E-state index in [0.717, 1.165) is 18.6 Å². The molecule has 2 aliphatic rings. The molecule has 1 saturated carbocycles. The van der Waals surface area contributed by atoms with Gasteiger partial charge in [0.25, 0.3) is 0 Å². The molecule has 0 heterocycles. The second-order valence-corrected chi connectivity index (χ2v) is 7.04. The van der Waals surface area contributed by atoms with Crippen molar-refractivity contribution in [3.8, 4) is 18.2 Å². The van der Waals surface area contributed by atoms with Crippen molar-refractivity contribution in [2.24, 2.45) is 23.2 Å². The van der Waals surface area contributed by atoms with E-state index in [1.807, 2.05) is 31.2 Å². The maximum Gasteiger partial charge on any atom is 0.189 e. The fourth-order valence-corrected chi connectivity index (χ4v) is 4.31. The van der Waals surface area contributed by atoms with Gasteiger partial charge >= 0.3 is 0 Å². The van der Waals surface area contributed by atoms with Crippen molar-refractivity contribution >= 4 is 5.71 Å². The summed E-state index contributed by atoms with van der Waals surface area (Å²) in [5, 5.41) is 37.6. The SMILES string of the molecule is C[C@H]1CC=C2C(C#N)C(=N)C(C#N)(C#N)[C@@H](c3ccc(F)cc3F)[C@H]2C1. The lowest BCUT2D eigenvalue weighted by Gasteiger charge is -2.46. The van der Waals surface area contributed by atoms with Gasteiger partial charge in [0.05, 0.1) is 23.9 Å². The molecule has 0 amide bonds. The van der Waals surface area contributed by atoms with E-state index in [4.69, 9.17) is 5.41 Å².